The van der Waals surface area contributed by atoms with E-state index in [-0.39, 0.29) is 87.1 Å². The molecule has 0 aromatic heterocycles. The zero-order valence-corrected chi connectivity index (χ0v) is 34.3. The van der Waals surface area contributed by atoms with Crippen LogP contribution in [0.2, 0.25) is 0 Å². The van der Waals surface area contributed by atoms with E-state index in [9.17, 15) is 61.3 Å². The summed E-state index contributed by atoms with van der Waals surface area (Å²) in [5.41, 5.74) is 0.645. The lowest BCUT2D eigenvalue weighted by Crippen LogP contribution is -2.38. The van der Waals surface area contributed by atoms with Crippen LogP contribution < -0.4 is 14.2 Å². The van der Waals surface area contributed by atoms with E-state index < -0.39 is 96.2 Å². The SMILES string of the molecule is O=P(OC1Cc2c(O)cc(O)cc2OC1c1ccc(O)c(O)c1)(OC1Cc2c(O)cc(O)cc2OC1c1ccc(O)c(O)c1)OC1Cc2c(O)cc(O)cc2OC1c1ccc(O)c(O)c1. The average Bonchev–Trinajstić information content (AvgIpc) is 3.24. The summed E-state index contributed by atoms with van der Waals surface area (Å²) in [7, 11) is -5.34. The minimum atomic E-state index is -5.34. The molecule has 6 atom stereocenters. The third-order valence-electron chi connectivity index (χ3n) is 11.3. The Morgan fingerprint density at radius 1 is 0.369 bits per heavy atom. The van der Waals surface area contributed by atoms with E-state index in [1.165, 1.54) is 36.4 Å². The van der Waals surface area contributed by atoms with Gasteiger partial charge in [-0.3, -0.25) is 13.6 Å². The molecule has 0 bridgehead atoms. The molecule has 0 amide bonds. The quantitative estimate of drug-likeness (QED) is 0.0521. The van der Waals surface area contributed by atoms with Gasteiger partial charge in [-0.2, -0.15) is 0 Å². The van der Waals surface area contributed by atoms with Crippen LogP contribution in [0.5, 0.6) is 86.2 Å². The van der Waals surface area contributed by atoms with Gasteiger partial charge in [0.15, 0.2) is 52.8 Å². The van der Waals surface area contributed by atoms with E-state index in [0.717, 1.165) is 54.6 Å². The Morgan fingerprint density at radius 3 is 0.908 bits per heavy atom. The zero-order chi connectivity index (χ0) is 46.1. The van der Waals surface area contributed by atoms with Crippen LogP contribution in [0, 0.1) is 0 Å². The molecule has 338 valence electrons. The van der Waals surface area contributed by atoms with Gasteiger partial charge in [0.05, 0.1) is 0 Å². The largest absolute Gasteiger partial charge is 0.508 e. The molecule has 6 unspecified atom stereocenters. The Hall–Kier alpha value is -7.57. The second-order valence-electron chi connectivity index (χ2n) is 15.7. The number of aromatic hydroxyl groups is 12. The average molecular weight is 915 g/mol. The van der Waals surface area contributed by atoms with Gasteiger partial charge < -0.3 is 75.5 Å². The lowest BCUT2D eigenvalue weighted by molar-refractivity contribution is -0.0568. The molecule has 6 aromatic carbocycles. The van der Waals surface area contributed by atoms with Crippen LogP contribution in [0.15, 0.2) is 91.0 Å². The van der Waals surface area contributed by atoms with Crippen molar-refractivity contribution in [2.75, 3.05) is 0 Å². The van der Waals surface area contributed by atoms with Gasteiger partial charge in [-0.1, -0.05) is 18.2 Å². The van der Waals surface area contributed by atoms with Crippen molar-refractivity contribution in [3.8, 4) is 86.2 Å². The van der Waals surface area contributed by atoms with Gasteiger partial charge in [0, 0.05) is 72.4 Å². The number of hydrogen-bond acceptors (Lipinski definition) is 19. The first-order chi connectivity index (χ1) is 30.9. The maximum atomic E-state index is 16.1. The number of rotatable bonds is 9. The standard InChI is InChI=1S/C45H39O19P/c46-22-10-31(52)25-16-40(43(59-37(25)13-22)19-1-4-28(49)34(55)7-19)62-65(58,63-41-17-26-32(53)11-23(47)14-38(26)60-44(41)20-2-5-29(50)35(56)8-20)64-42-18-27-33(54)12-24(48)15-39(27)61-45(42)21-3-6-30(51)36(57)9-21/h1-15,40-57H,16-18H2. The first-order valence-electron chi connectivity index (χ1n) is 19.8. The van der Waals surface area contributed by atoms with Gasteiger partial charge >= 0.3 is 7.82 Å². The Bertz CT molecular complexity index is 2600. The number of phosphoric acid groups is 1. The monoisotopic (exact) mass is 914 g/mol. The lowest BCUT2D eigenvalue weighted by Gasteiger charge is -2.40. The predicted octanol–water partition coefficient (Wildman–Crippen LogP) is 6.85. The van der Waals surface area contributed by atoms with Crippen molar-refractivity contribution in [2.45, 2.75) is 55.9 Å². The molecule has 3 aliphatic rings. The molecule has 0 spiro atoms. The Kier molecular flexibility index (Phi) is 10.7. The number of hydrogen-bond donors (Lipinski definition) is 12. The molecule has 20 heteroatoms. The van der Waals surface area contributed by atoms with Crippen molar-refractivity contribution in [1.82, 2.24) is 0 Å². The number of phenolic OH excluding ortho intramolecular Hbond substituents is 12. The fraction of sp³-hybridized carbons (Fsp3) is 0.200. The van der Waals surface area contributed by atoms with Crippen LogP contribution in [-0.4, -0.2) is 79.6 Å². The first-order valence-corrected chi connectivity index (χ1v) is 21.2. The van der Waals surface area contributed by atoms with Crippen molar-refractivity contribution in [2.24, 2.45) is 0 Å². The second-order valence-corrected chi connectivity index (χ2v) is 17.2. The van der Waals surface area contributed by atoms with Crippen molar-refractivity contribution < 1.29 is 93.6 Å². The molecule has 0 fully saturated rings. The fourth-order valence-electron chi connectivity index (χ4n) is 8.19. The van der Waals surface area contributed by atoms with E-state index in [0.29, 0.717) is 0 Å². The molecule has 65 heavy (non-hydrogen) atoms. The van der Waals surface area contributed by atoms with E-state index >= 15 is 4.57 Å². The van der Waals surface area contributed by atoms with E-state index in [4.69, 9.17) is 27.8 Å². The molecule has 9 rings (SSSR count). The number of benzene rings is 6. The highest BCUT2D eigenvalue weighted by Crippen LogP contribution is 2.61. The smallest absolute Gasteiger partial charge is 0.476 e. The van der Waals surface area contributed by atoms with Crippen molar-refractivity contribution in [1.29, 1.82) is 0 Å². The van der Waals surface area contributed by atoms with Crippen molar-refractivity contribution >= 4 is 7.82 Å². The van der Waals surface area contributed by atoms with Crippen LogP contribution in [0.4, 0.5) is 0 Å². The highest BCUT2D eigenvalue weighted by Gasteiger charge is 2.49. The molecule has 0 radical (unpaired) electrons. The minimum absolute atomic E-state index is 0.0250. The summed E-state index contributed by atoms with van der Waals surface area (Å²) in [5, 5.41) is 126. The van der Waals surface area contributed by atoms with Gasteiger partial charge in [0.2, 0.25) is 0 Å². The van der Waals surface area contributed by atoms with Crippen LogP contribution in [0.1, 0.15) is 51.7 Å². The van der Waals surface area contributed by atoms with Gasteiger partial charge in [-0.05, 0) is 53.1 Å². The van der Waals surface area contributed by atoms with Crippen molar-refractivity contribution in [3.05, 3.63) is 124 Å². The molecule has 3 heterocycles. The van der Waals surface area contributed by atoms with Crippen LogP contribution >= 0.6 is 7.82 Å². The van der Waals surface area contributed by atoms with Crippen LogP contribution in [-0.2, 0) is 37.4 Å². The summed E-state index contributed by atoms with van der Waals surface area (Å²) in [6.07, 6.45) is -9.57. The van der Waals surface area contributed by atoms with Crippen molar-refractivity contribution in [3.63, 3.8) is 0 Å². The van der Waals surface area contributed by atoms with Gasteiger partial charge in [0.25, 0.3) is 0 Å². The van der Waals surface area contributed by atoms with Gasteiger partial charge in [0.1, 0.15) is 70.1 Å². The lowest BCUT2D eigenvalue weighted by atomic mass is 9.94. The molecule has 0 saturated heterocycles. The molecular formula is C45H39O19P. The third-order valence-corrected chi connectivity index (χ3v) is 12.9. The Labute approximate surface area is 367 Å². The number of phenols is 12. The Balaban J connectivity index is 1.19. The summed E-state index contributed by atoms with van der Waals surface area (Å²) in [4.78, 5) is 0. The summed E-state index contributed by atoms with van der Waals surface area (Å²) in [5.74, 6) is -5.69. The van der Waals surface area contributed by atoms with E-state index in [1.807, 2.05) is 0 Å². The first kappa shape index (κ1) is 42.7. The maximum absolute atomic E-state index is 16.1. The van der Waals surface area contributed by atoms with Crippen LogP contribution in [0.3, 0.4) is 0 Å². The normalized spacial score (nSPS) is 21.9. The molecular weight excluding hydrogens is 875 g/mol. The zero-order valence-electron chi connectivity index (χ0n) is 33.4. The summed E-state index contributed by atoms with van der Waals surface area (Å²) in [6, 6.07) is 17.8. The number of phosphoric ester groups is 1. The maximum Gasteiger partial charge on any atom is 0.476 e. The molecule has 19 nitrogen and oxygen atoms in total. The second kappa shape index (κ2) is 16.2. The highest BCUT2D eigenvalue weighted by atomic mass is 31.2. The topological polar surface area (TPSA) is 315 Å². The number of ether oxygens (including phenoxy) is 3. The molecule has 6 aromatic rings. The predicted molar refractivity (Wildman–Crippen MR) is 222 cm³/mol. The fourth-order valence-corrected chi connectivity index (χ4v) is 9.89. The van der Waals surface area contributed by atoms with Gasteiger partial charge in [-0.25, -0.2) is 4.57 Å². The molecule has 12 N–H and O–H groups in total. The molecule has 0 aliphatic carbocycles. The number of fused-ring (bicyclic) bond motifs is 3. The third kappa shape index (κ3) is 8.24. The minimum Gasteiger partial charge on any atom is -0.508 e. The van der Waals surface area contributed by atoms with Crippen LogP contribution in [0.25, 0.3) is 0 Å². The summed E-state index contributed by atoms with van der Waals surface area (Å²) < 4.78 is 54.2. The highest BCUT2D eigenvalue weighted by molar-refractivity contribution is 7.48. The molecule has 3 aliphatic heterocycles. The molecule has 0 saturated carbocycles. The van der Waals surface area contributed by atoms with E-state index in [1.54, 1.807) is 0 Å². The van der Waals surface area contributed by atoms with E-state index in [2.05, 4.69) is 0 Å². The Morgan fingerprint density at radius 2 is 0.646 bits per heavy atom. The summed E-state index contributed by atoms with van der Waals surface area (Å²) in [6.45, 7) is 0. The summed E-state index contributed by atoms with van der Waals surface area (Å²) >= 11 is 0. The van der Waals surface area contributed by atoms with Gasteiger partial charge in [-0.15, -0.1) is 0 Å².